The number of hydrogen-bond donors (Lipinski definition) is 4. The topological polar surface area (TPSA) is 94.9 Å². The molecule has 8 heteroatoms. The SMILES string of the molecule is NC1=NC(N)(c2ccc(N3CCN([C@H]4CC5CCC4C5)CC3)c(F)c2)NN1. The number of guanidine groups is 1. The highest BCUT2D eigenvalue weighted by Gasteiger charge is 2.42. The lowest BCUT2D eigenvalue weighted by Crippen LogP contribution is -2.52. The van der Waals surface area contributed by atoms with Crippen LogP contribution in [0.25, 0.3) is 0 Å². The molecule has 5 rings (SSSR count). The van der Waals surface area contributed by atoms with Gasteiger partial charge < -0.3 is 10.6 Å². The third kappa shape index (κ3) is 2.96. The average Bonchev–Trinajstić information content (AvgIpc) is 3.38. The van der Waals surface area contributed by atoms with E-state index >= 15 is 0 Å². The fraction of sp³-hybridized carbons (Fsp3) is 0.632. The van der Waals surface area contributed by atoms with Crippen LogP contribution in [0.3, 0.4) is 0 Å². The zero-order valence-corrected chi connectivity index (χ0v) is 15.5. The molecule has 1 aromatic rings. The first-order valence-electron chi connectivity index (χ1n) is 9.98. The van der Waals surface area contributed by atoms with E-state index in [1.54, 1.807) is 6.07 Å². The molecule has 27 heavy (non-hydrogen) atoms. The maximum atomic E-state index is 14.8. The second-order valence-electron chi connectivity index (χ2n) is 8.44. The van der Waals surface area contributed by atoms with Gasteiger partial charge in [-0.2, -0.15) is 5.43 Å². The number of nitrogens with zero attached hydrogens (tertiary/aromatic N) is 3. The molecule has 1 aromatic carbocycles. The predicted molar refractivity (Wildman–Crippen MR) is 103 cm³/mol. The molecule has 0 spiro atoms. The maximum Gasteiger partial charge on any atom is 0.209 e. The van der Waals surface area contributed by atoms with Crippen molar-refractivity contribution in [3.05, 3.63) is 29.6 Å². The van der Waals surface area contributed by atoms with E-state index in [0.29, 0.717) is 11.3 Å². The van der Waals surface area contributed by atoms with Gasteiger partial charge in [0.25, 0.3) is 0 Å². The number of anilines is 1. The molecule has 3 fully saturated rings. The van der Waals surface area contributed by atoms with Gasteiger partial charge in [0, 0.05) is 37.8 Å². The summed E-state index contributed by atoms with van der Waals surface area (Å²) in [6, 6.07) is 5.84. The Kier molecular flexibility index (Phi) is 4.03. The zero-order valence-electron chi connectivity index (χ0n) is 15.5. The van der Waals surface area contributed by atoms with Gasteiger partial charge in [0.15, 0.2) is 0 Å². The Bertz CT molecular complexity index is 760. The quantitative estimate of drug-likeness (QED) is 0.621. The van der Waals surface area contributed by atoms with Crippen LogP contribution in [-0.4, -0.2) is 43.1 Å². The van der Waals surface area contributed by atoms with Gasteiger partial charge in [-0.05, 0) is 43.2 Å². The van der Waals surface area contributed by atoms with Crippen molar-refractivity contribution in [1.82, 2.24) is 15.8 Å². The smallest absolute Gasteiger partial charge is 0.209 e. The number of fused-ring (bicyclic) bond motifs is 2. The minimum absolute atomic E-state index is 0.193. The fourth-order valence-corrected chi connectivity index (χ4v) is 5.50. The van der Waals surface area contributed by atoms with E-state index in [9.17, 15) is 4.39 Å². The minimum atomic E-state index is -1.23. The summed E-state index contributed by atoms with van der Waals surface area (Å²) in [5.41, 5.74) is 18.4. The highest BCUT2D eigenvalue weighted by Crippen LogP contribution is 2.46. The standard InChI is InChI=1S/C19H28FN7/c20-15-11-14(19(22)23-18(21)24-25-19)3-4-16(15)26-5-7-27(8-6-26)17-10-12-1-2-13(17)9-12/h3-4,11-13,17,25H,1-2,5-10,22H2,(H3,21,23,24)/t12?,13?,17-,19?/m0/s1. The van der Waals surface area contributed by atoms with Crippen LogP contribution in [0.1, 0.15) is 31.2 Å². The molecule has 0 radical (unpaired) electrons. The molecule has 2 bridgehead atoms. The molecule has 2 aliphatic carbocycles. The number of hydrogen-bond acceptors (Lipinski definition) is 7. The van der Waals surface area contributed by atoms with Gasteiger partial charge in [-0.1, -0.05) is 12.5 Å². The van der Waals surface area contributed by atoms with Gasteiger partial charge >= 0.3 is 0 Å². The van der Waals surface area contributed by atoms with Gasteiger partial charge in [0.1, 0.15) is 5.82 Å². The fourth-order valence-electron chi connectivity index (χ4n) is 5.50. The van der Waals surface area contributed by atoms with E-state index in [2.05, 4.69) is 25.6 Å². The van der Waals surface area contributed by atoms with Crippen molar-refractivity contribution in [1.29, 1.82) is 0 Å². The Hall–Kier alpha value is -1.90. The summed E-state index contributed by atoms with van der Waals surface area (Å²) in [5.74, 6) is 0.553. The largest absolute Gasteiger partial charge is 0.369 e. The molecular formula is C19H28FN7. The summed E-state index contributed by atoms with van der Waals surface area (Å²) in [7, 11) is 0. The third-order valence-electron chi connectivity index (χ3n) is 6.89. The summed E-state index contributed by atoms with van der Waals surface area (Å²) in [5, 5.41) is 0. The number of hydrazine groups is 1. The molecule has 6 N–H and O–H groups in total. The van der Waals surface area contributed by atoms with Crippen LogP contribution in [0.5, 0.6) is 0 Å². The number of benzene rings is 1. The summed E-state index contributed by atoms with van der Waals surface area (Å²) in [4.78, 5) is 8.90. The Morgan fingerprint density at radius 1 is 1.15 bits per heavy atom. The minimum Gasteiger partial charge on any atom is -0.369 e. The predicted octanol–water partition coefficient (Wildman–Crippen LogP) is 0.628. The number of halogens is 1. The summed E-state index contributed by atoms with van der Waals surface area (Å²) in [6.07, 6.45) is 5.64. The van der Waals surface area contributed by atoms with Crippen LogP contribution in [0.4, 0.5) is 10.1 Å². The van der Waals surface area contributed by atoms with Crippen molar-refractivity contribution in [3.63, 3.8) is 0 Å². The first-order valence-corrected chi connectivity index (χ1v) is 9.98. The van der Waals surface area contributed by atoms with E-state index in [-0.39, 0.29) is 11.8 Å². The monoisotopic (exact) mass is 373 g/mol. The molecule has 7 nitrogen and oxygen atoms in total. The van der Waals surface area contributed by atoms with E-state index < -0.39 is 5.79 Å². The van der Waals surface area contributed by atoms with E-state index in [4.69, 9.17) is 11.5 Å². The summed E-state index contributed by atoms with van der Waals surface area (Å²) in [6.45, 7) is 3.76. The van der Waals surface area contributed by atoms with Crippen molar-refractivity contribution >= 4 is 11.6 Å². The lowest BCUT2D eigenvalue weighted by Gasteiger charge is -2.42. The van der Waals surface area contributed by atoms with Gasteiger partial charge in [0.2, 0.25) is 11.7 Å². The molecule has 1 saturated heterocycles. The highest BCUT2D eigenvalue weighted by molar-refractivity contribution is 5.79. The zero-order chi connectivity index (χ0) is 18.6. The van der Waals surface area contributed by atoms with Crippen molar-refractivity contribution in [2.24, 2.45) is 28.3 Å². The molecule has 4 aliphatic rings. The number of rotatable bonds is 3. The van der Waals surface area contributed by atoms with Crippen LogP contribution in [0.2, 0.25) is 0 Å². The second-order valence-corrected chi connectivity index (χ2v) is 8.44. The van der Waals surface area contributed by atoms with Crippen molar-refractivity contribution in [3.8, 4) is 0 Å². The number of nitrogens with one attached hydrogen (secondary N) is 2. The van der Waals surface area contributed by atoms with E-state index in [0.717, 1.165) is 44.1 Å². The number of nitrogens with two attached hydrogens (primary N) is 2. The lowest BCUT2D eigenvalue weighted by atomic mass is 9.93. The Morgan fingerprint density at radius 2 is 1.96 bits per heavy atom. The lowest BCUT2D eigenvalue weighted by molar-refractivity contribution is 0.134. The summed E-state index contributed by atoms with van der Waals surface area (Å²) < 4.78 is 14.8. The normalized spacial score (nSPS) is 36.1. The molecule has 2 aliphatic heterocycles. The van der Waals surface area contributed by atoms with Crippen LogP contribution in [0, 0.1) is 17.7 Å². The molecule has 146 valence electrons. The van der Waals surface area contributed by atoms with Gasteiger partial charge in [-0.3, -0.25) is 16.1 Å². The average molecular weight is 373 g/mol. The van der Waals surface area contributed by atoms with Gasteiger partial charge in [-0.15, -0.1) is 0 Å². The Morgan fingerprint density at radius 3 is 2.56 bits per heavy atom. The first kappa shape index (κ1) is 17.2. The third-order valence-corrected chi connectivity index (χ3v) is 6.89. The van der Waals surface area contributed by atoms with Crippen LogP contribution < -0.4 is 27.2 Å². The van der Waals surface area contributed by atoms with E-state index in [1.165, 1.54) is 31.7 Å². The maximum absolute atomic E-state index is 14.8. The van der Waals surface area contributed by atoms with Crippen LogP contribution in [-0.2, 0) is 5.79 Å². The highest BCUT2D eigenvalue weighted by atomic mass is 19.1. The molecule has 2 saturated carbocycles. The van der Waals surface area contributed by atoms with Crippen molar-refractivity contribution < 1.29 is 4.39 Å². The summed E-state index contributed by atoms with van der Waals surface area (Å²) >= 11 is 0. The first-order chi connectivity index (χ1) is 13.0. The Balaban J connectivity index is 1.26. The van der Waals surface area contributed by atoms with Crippen molar-refractivity contribution in [2.75, 3.05) is 31.1 Å². The molecular weight excluding hydrogens is 345 g/mol. The second kappa shape index (κ2) is 6.32. The van der Waals surface area contributed by atoms with E-state index in [1.807, 2.05) is 6.07 Å². The van der Waals surface area contributed by atoms with Crippen LogP contribution >= 0.6 is 0 Å². The molecule has 4 atom stereocenters. The van der Waals surface area contributed by atoms with Crippen molar-refractivity contribution in [2.45, 2.75) is 37.5 Å². The van der Waals surface area contributed by atoms with Crippen LogP contribution in [0.15, 0.2) is 23.2 Å². The molecule has 2 heterocycles. The number of piperazine rings is 1. The Labute approximate surface area is 158 Å². The molecule has 3 unspecified atom stereocenters. The van der Waals surface area contributed by atoms with Gasteiger partial charge in [-0.25, -0.2) is 9.38 Å². The molecule has 0 aromatic heterocycles. The number of aliphatic imine (C=N–C) groups is 1. The van der Waals surface area contributed by atoms with Gasteiger partial charge in [0.05, 0.1) is 5.69 Å². The molecule has 0 amide bonds.